The lowest BCUT2D eigenvalue weighted by molar-refractivity contribution is 0.0637. The van der Waals surface area contributed by atoms with Gasteiger partial charge in [-0.2, -0.15) is 0 Å². The topological polar surface area (TPSA) is 55.6 Å². The van der Waals surface area contributed by atoms with E-state index >= 15 is 0 Å². The fourth-order valence-corrected chi connectivity index (χ4v) is 6.18. The van der Waals surface area contributed by atoms with E-state index in [4.69, 9.17) is 5.73 Å². The summed E-state index contributed by atoms with van der Waals surface area (Å²) >= 11 is -0.588. The van der Waals surface area contributed by atoms with E-state index in [1.165, 1.54) is 77.2 Å². The Bertz CT molecular complexity index is 364. The van der Waals surface area contributed by atoms with E-state index < -0.39 is 11.2 Å². The van der Waals surface area contributed by atoms with Crippen molar-refractivity contribution < 1.29 is 4.55 Å². The summed E-state index contributed by atoms with van der Waals surface area (Å²) in [6.07, 6.45) is 15.4. The monoisotopic (exact) mass is 369 g/mol. The number of rotatable bonds is 2. The fraction of sp³-hybridized carbons (Fsp3) is 1.00. The van der Waals surface area contributed by atoms with Crippen molar-refractivity contribution in [1.29, 1.82) is 0 Å². The molecule has 0 amide bonds. The minimum Gasteiger partial charge on any atom is -0.616 e. The lowest BCUT2D eigenvalue weighted by Crippen LogP contribution is -2.61. The van der Waals surface area contributed by atoms with E-state index in [2.05, 4.69) is 9.80 Å². The summed E-state index contributed by atoms with van der Waals surface area (Å²) in [7, 11) is 0. The summed E-state index contributed by atoms with van der Waals surface area (Å²) in [5, 5.41) is 0. The average Bonchev–Trinajstić information content (AvgIpc) is 2.68. The van der Waals surface area contributed by atoms with Crippen LogP contribution in [0.3, 0.4) is 0 Å². The van der Waals surface area contributed by atoms with Gasteiger partial charge in [0.25, 0.3) is 0 Å². The van der Waals surface area contributed by atoms with Gasteiger partial charge in [0, 0.05) is 44.3 Å². The second-order valence-electron chi connectivity index (χ2n) is 8.46. The van der Waals surface area contributed by atoms with Crippen molar-refractivity contribution in [1.82, 2.24) is 9.80 Å². The average molecular weight is 370 g/mol. The van der Waals surface area contributed by atoms with Gasteiger partial charge in [0.2, 0.25) is 0 Å². The van der Waals surface area contributed by atoms with Crippen LogP contribution in [0.4, 0.5) is 0 Å². The molecule has 2 heterocycles. The molecule has 1 aliphatic carbocycles. The van der Waals surface area contributed by atoms with Gasteiger partial charge in [-0.3, -0.25) is 9.80 Å². The SMILES string of the molecule is NC1CN(C2CCCCCCCCCC2)CCC1N1CC[S+]([O-])CC1. The largest absolute Gasteiger partial charge is 0.616 e. The predicted molar refractivity (Wildman–Crippen MR) is 107 cm³/mol. The molecule has 3 rings (SSSR count). The molecular formula is C20H39N3OS. The van der Waals surface area contributed by atoms with E-state index in [9.17, 15) is 4.55 Å². The van der Waals surface area contributed by atoms with Crippen LogP contribution in [0.1, 0.15) is 70.6 Å². The van der Waals surface area contributed by atoms with Crippen molar-refractivity contribution in [3.8, 4) is 0 Å². The highest BCUT2D eigenvalue weighted by atomic mass is 32.2. The molecule has 0 radical (unpaired) electrons. The van der Waals surface area contributed by atoms with Crippen molar-refractivity contribution >= 4 is 11.2 Å². The smallest absolute Gasteiger partial charge is 0.118 e. The number of hydrogen-bond donors (Lipinski definition) is 1. The maximum Gasteiger partial charge on any atom is 0.118 e. The van der Waals surface area contributed by atoms with Crippen LogP contribution in [0.25, 0.3) is 0 Å². The molecule has 5 heteroatoms. The van der Waals surface area contributed by atoms with E-state index in [0.29, 0.717) is 6.04 Å². The van der Waals surface area contributed by atoms with E-state index in [1.54, 1.807) is 0 Å². The number of nitrogens with two attached hydrogens (primary N) is 1. The lowest BCUT2D eigenvalue weighted by Gasteiger charge is -2.46. The van der Waals surface area contributed by atoms with Crippen LogP contribution in [0.15, 0.2) is 0 Å². The van der Waals surface area contributed by atoms with Crippen LogP contribution in [-0.2, 0) is 11.2 Å². The molecule has 3 aliphatic rings. The van der Waals surface area contributed by atoms with Gasteiger partial charge in [0.15, 0.2) is 0 Å². The van der Waals surface area contributed by atoms with Crippen LogP contribution in [0.2, 0.25) is 0 Å². The predicted octanol–water partition coefficient (Wildman–Crippen LogP) is 2.74. The Morgan fingerprint density at radius 2 is 1.28 bits per heavy atom. The highest BCUT2D eigenvalue weighted by molar-refractivity contribution is 7.91. The van der Waals surface area contributed by atoms with Crippen molar-refractivity contribution in [3.63, 3.8) is 0 Å². The molecule has 2 unspecified atom stereocenters. The third-order valence-electron chi connectivity index (χ3n) is 6.67. The molecule has 1 saturated carbocycles. The zero-order chi connectivity index (χ0) is 17.5. The molecule has 2 saturated heterocycles. The molecule has 0 bridgehead atoms. The highest BCUT2D eigenvalue weighted by Gasteiger charge is 2.35. The van der Waals surface area contributed by atoms with Gasteiger partial charge in [-0.05, 0) is 19.3 Å². The molecule has 4 nitrogen and oxygen atoms in total. The standard InChI is InChI=1S/C20H39N3OS/c21-19-17-23(12-11-20(19)22-13-15-25(24)16-14-22)18-9-7-5-3-1-2-4-6-8-10-18/h18-20H,1-17,21H2. The zero-order valence-electron chi connectivity index (χ0n) is 16.0. The number of piperidine rings is 1. The molecule has 2 aliphatic heterocycles. The number of hydrogen-bond acceptors (Lipinski definition) is 4. The Labute approximate surface area is 158 Å². The molecule has 0 aromatic heterocycles. The second-order valence-corrected chi connectivity index (χ2v) is 10.2. The van der Waals surface area contributed by atoms with E-state index in [-0.39, 0.29) is 6.04 Å². The minimum absolute atomic E-state index is 0.262. The van der Waals surface area contributed by atoms with Gasteiger partial charge in [-0.1, -0.05) is 62.5 Å². The van der Waals surface area contributed by atoms with Crippen molar-refractivity contribution in [3.05, 3.63) is 0 Å². The first-order valence-corrected chi connectivity index (χ1v) is 12.3. The van der Waals surface area contributed by atoms with Crippen molar-refractivity contribution in [2.24, 2.45) is 5.73 Å². The minimum atomic E-state index is -0.588. The molecular weight excluding hydrogens is 330 g/mol. The van der Waals surface area contributed by atoms with Gasteiger partial charge >= 0.3 is 0 Å². The Morgan fingerprint density at radius 1 is 0.720 bits per heavy atom. The summed E-state index contributed by atoms with van der Waals surface area (Å²) in [6, 6.07) is 1.54. The molecule has 0 aromatic carbocycles. The van der Waals surface area contributed by atoms with Crippen molar-refractivity contribution in [2.45, 2.75) is 88.8 Å². The van der Waals surface area contributed by atoms with Crippen LogP contribution >= 0.6 is 0 Å². The van der Waals surface area contributed by atoms with Crippen LogP contribution in [-0.4, -0.2) is 70.2 Å². The van der Waals surface area contributed by atoms with E-state index in [0.717, 1.165) is 37.2 Å². The summed E-state index contributed by atoms with van der Waals surface area (Å²) < 4.78 is 11.6. The van der Waals surface area contributed by atoms with Crippen LogP contribution in [0, 0.1) is 0 Å². The molecule has 25 heavy (non-hydrogen) atoms. The van der Waals surface area contributed by atoms with Gasteiger partial charge < -0.3 is 10.3 Å². The Morgan fingerprint density at radius 3 is 1.84 bits per heavy atom. The molecule has 146 valence electrons. The molecule has 0 spiro atoms. The van der Waals surface area contributed by atoms with Crippen LogP contribution < -0.4 is 5.73 Å². The highest BCUT2D eigenvalue weighted by Crippen LogP contribution is 2.25. The molecule has 0 aromatic rings. The summed E-state index contributed by atoms with van der Waals surface area (Å²) in [5.41, 5.74) is 6.63. The van der Waals surface area contributed by atoms with Crippen molar-refractivity contribution in [2.75, 3.05) is 37.7 Å². The zero-order valence-corrected chi connectivity index (χ0v) is 16.9. The molecule has 3 fully saturated rings. The van der Waals surface area contributed by atoms with Gasteiger partial charge in [0.1, 0.15) is 11.5 Å². The first-order chi connectivity index (χ1) is 12.2. The third-order valence-corrected chi connectivity index (χ3v) is 7.95. The summed E-state index contributed by atoms with van der Waals surface area (Å²) in [5.74, 6) is 1.69. The van der Waals surface area contributed by atoms with E-state index in [1.807, 2.05) is 0 Å². The molecule has 2 atom stereocenters. The molecule has 2 N–H and O–H groups in total. The Balaban J connectivity index is 1.49. The number of likely N-dealkylation sites (tertiary alicyclic amines) is 1. The lowest BCUT2D eigenvalue weighted by atomic mass is 9.93. The normalized spacial score (nSPS) is 33.8. The second kappa shape index (κ2) is 10.5. The van der Waals surface area contributed by atoms with Gasteiger partial charge in [-0.25, -0.2) is 0 Å². The Kier molecular flexibility index (Phi) is 8.38. The van der Waals surface area contributed by atoms with Gasteiger partial charge in [-0.15, -0.1) is 0 Å². The first-order valence-electron chi connectivity index (χ1n) is 10.8. The quantitative estimate of drug-likeness (QED) is 0.761. The summed E-state index contributed by atoms with van der Waals surface area (Å²) in [6.45, 7) is 4.24. The van der Waals surface area contributed by atoms with Gasteiger partial charge in [0.05, 0.1) is 0 Å². The first kappa shape index (κ1) is 19.9. The fourth-order valence-electron chi connectivity index (χ4n) is 5.09. The van der Waals surface area contributed by atoms with Crippen LogP contribution in [0.5, 0.6) is 0 Å². The summed E-state index contributed by atoms with van der Waals surface area (Å²) in [4.78, 5) is 5.25. The Hall–Kier alpha value is 0.190. The number of nitrogens with zero attached hydrogens (tertiary/aromatic N) is 2. The maximum absolute atomic E-state index is 11.6. The third kappa shape index (κ3) is 6.10. The maximum atomic E-state index is 11.6.